The lowest BCUT2D eigenvalue weighted by Crippen LogP contribution is -2.31. The molecule has 1 aromatic carbocycles. The number of aliphatic hydroxyl groups is 1. The van der Waals surface area contributed by atoms with E-state index < -0.39 is 18.9 Å². The van der Waals surface area contributed by atoms with E-state index in [9.17, 15) is 13.6 Å². The molecule has 0 bridgehead atoms. The zero-order valence-electron chi connectivity index (χ0n) is 10.8. The van der Waals surface area contributed by atoms with Crippen LogP contribution in [0.4, 0.5) is 8.78 Å². The Bertz CT molecular complexity index is 518. The topological polar surface area (TPSA) is 40.5 Å². The highest BCUT2D eigenvalue weighted by atomic mass is 19.3. The van der Waals surface area contributed by atoms with Crippen LogP contribution in [0.5, 0.6) is 0 Å². The number of aryl methyl sites for hydroxylation is 1. The van der Waals surface area contributed by atoms with Crippen LogP contribution in [-0.2, 0) is 0 Å². The summed E-state index contributed by atoms with van der Waals surface area (Å²) in [6.07, 6.45) is -2.55. The maximum atomic E-state index is 12.2. The SMILES string of the molecule is Cc1cc(C(=O)N(C)CC(F)F)ccc1C#CCO. The molecule has 1 N–H and O–H groups in total. The summed E-state index contributed by atoms with van der Waals surface area (Å²) >= 11 is 0. The van der Waals surface area contributed by atoms with Gasteiger partial charge < -0.3 is 10.0 Å². The number of alkyl halides is 2. The number of carbonyl (C=O) groups is 1. The monoisotopic (exact) mass is 267 g/mol. The number of nitrogens with zero attached hydrogens (tertiary/aromatic N) is 1. The van der Waals surface area contributed by atoms with Crippen LogP contribution in [0.3, 0.4) is 0 Å². The van der Waals surface area contributed by atoms with Crippen LogP contribution in [0, 0.1) is 18.8 Å². The van der Waals surface area contributed by atoms with Gasteiger partial charge >= 0.3 is 0 Å². The molecule has 0 aromatic heterocycles. The Morgan fingerprint density at radius 1 is 1.47 bits per heavy atom. The van der Waals surface area contributed by atoms with E-state index in [1.165, 1.54) is 7.05 Å². The summed E-state index contributed by atoms with van der Waals surface area (Å²) in [5.41, 5.74) is 1.80. The number of amides is 1. The zero-order chi connectivity index (χ0) is 14.4. The Morgan fingerprint density at radius 3 is 2.68 bits per heavy atom. The normalized spacial score (nSPS) is 10.0. The van der Waals surface area contributed by atoms with Gasteiger partial charge in [0.2, 0.25) is 0 Å². The van der Waals surface area contributed by atoms with Crippen LogP contribution in [0.2, 0.25) is 0 Å². The van der Waals surface area contributed by atoms with Crippen molar-refractivity contribution in [3.05, 3.63) is 34.9 Å². The summed E-state index contributed by atoms with van der Waals surface area (Å²) in [6.45, 7) is 0.937. The highest BCUT2D eigenvalue weighted by Crippen LogP contribution is 2.12. The lowest BCUT2D eigenvalue weighted by molar-refractivity contribution is 0.0620. The third-order valence-electron chi connectivity index (χ3n) is 2.53. The predicted octanol–water partition coefficient (Wildman–Crippen LogP) is 1.68. The van der Waals surface area contributed by atoms with Gasteiger partial charge in [-0.1, -0.05) is 11.8 Å². The maximum absolute atomic E-state index is 12.2. The van der Waals surface area contributed by atoms with Gasteiger partial charge in [-0.05, 0) is 30.7 Å². The van der Waals surface area contributed by atoms with E-state index >= 15 is 0 Å². The molecule has 0 aliphatic rings. The number of rotatable bonds is 3. The Kier molecular flexibility index (Phi) is 5.46. The molecule has 102 valence electrons. The third kappa shape index (κ3) is 4.34. The summed E-state index contributed by atoms with van der Waals surface area (Å²) in [5, 5.41) is 8.61. The Hall–Kier alpha value is -1.93. The smallest absolute Gasteiger partial charge is 0.255 e. The summed E-state index contributed by atoms with van der Waals surface area (Å²) in [4.78, 5) is 12.9. The van der Waals surface area contributed by atoms with E-state index in [0.717, 1.165) is 10.5 Å². The molecule has 3 nitrogen and oxygen atoms in total. The van der Waals surface area contributed by atoms with Crippen molar-refractivity contribution in [1.82, 2.24) is 4.90 Å². The van der Waals surface area contributed by atoms with Gasteiger partial charge in [0.1, 0.15) is 6.61 Å². The van der Waals surface area contributed by atoms with E-state index in [4.69, 9.17) is 5.11 Å². The fraction of sp³-hybridized carbons (Fsp3) is 0.357. The minimum atomic E-state index is -2.55. The number of aliphatic hydroxyl groups excluding tert-OH is 1. The first-order valence-corrected chi connectivity index (χ1v) is 5.69. The standard InChI is InChI=1S/C14H15F2NO2/c1-10-8-12(6-5-11(10)4-3-7-18)14(19)17(2)9-13(15)16/h5-6,8,13,18H,7,9H2,1-2H3. The van der Waals surface area contributed by atoms with Crippen molar-refractivity contribution in [2.45, 2.75) is 13.3 Å². The van der Waals surface area contributed by atoms with Gasteiger partial charge in [0.05, 0.1) is 6.54 Å². The highest BCUT2D eigenvalue weighted by molar-refractivity contribution is 5.94. The largest absolute Gasteiger partial charge is 0.384 e. The van der Waals surface area contributed by atoms with Gasteiger partial charge in [-0.15, -0.1) is 0 Å². The molecule has 0 saturated carbocycles. The number of carbonyl (C=O) groups excluding carboxylic acids is 1. The van der Waals surface area contributed by atoms with Crippen molar-refractivity contribution in [1.29, 1.82) is 0 Å². The molecule has 0 heterocycles. The molecule has 1 amide bonds. The summed E-state index contributed by atoms with van der Waals surface area (Å²) in [5.74, 6) is 4.81. The highest BCUT2D eigenvalue weighted by Gasteiger charge is 2.16. The van der Waals surface area contributed by atoms with E-state index in [1.807, 2.05) is 0 Å². The minimum absolute atomic E-state index is 0.239. The maximum Gasteiger partial charge on any atom is 0.255 e. The fourth-order valence-corrected chi connectivity index (χ4v) is 1.58. The lowest BCUT2D eigenvalue weighted by atomic mass is 10.0. The van der Waals surface area contributed by atoms with Crippen LogP contribution >= 0.6 is 0 Å². The van der Waals surface area contributed by atoms with Crippen molar-refractivity contribution in [3.8, 4) is 11.8 Å². The van der Waals surface area contributed by atoms with Crippen molar-refractivity contribution >= 4 is 5.91 Å². The molecular formula is C14H15F2NO2. The minimum Gasteiger partial charge on any atom is -0.384 e. The number of hydrogen-bond acceptors (Lipinski definition) is 2. The first kappa shape index (κ1) is 15.1. The summed E-state index contributed by atoms with van der Waals surface area (Å²) in [7, 11) is 1.34. The van der Waals surface area contributed by atoms with Gasteiger partial charge in [0, 0.05) is 18.2 Å². The van der Waals surface area contributed by atoms with E-state index in [2.05, 4.69) is 11.8 Å². The van der Waals surface area contributed by atoms with E-state index in [-0.39, 0.29) is 6.61 Å². The molecule has 0 spiro atoms. The van der Waals surface area contributed by atoms with Crippen molar-refractivity contribution in [3.63, 3.8) is 0 Å². The molecule has 0 atom stereocenters. The molecule has 1 rings (SSSR count). The van der Waals surface area contributed by atoms with Crippen LogP contribution in [-0.4, -0.2) is 42.5 Å². The number of hydrogen-bond donors (Lipinski definition) is 1. The van der Waals surface area contributed by atoms with E-state index in [1.54, 1.807) is 25.1 Å². The molecule has 19 heavy (non-hydrogen) atoms. The second kappa shape index (κ2) is 6.86. The van der Waals surface area contributed by atoms with Gasteiger partial charge in [-0.3, -0.25) is 4.79 Å². The van der Waals surface area contributed by atoms with Crippen LogP contribution in [0.15, 0.2) is 18.2 Å². The fourth-order valence-electron chi connectivity index (χ4n) is 1.58. The Morgan fingerprint density at radius 2 is 2.16 bits per heavy atom. The van der Waals surface area contributed by atoms with Gasteiger partial charge in [-0.25, -0.2) is 8.78 Å². The van der Waals surface area contributed by atoms with Gasteiger partial charge in [0.25, 0.3) is 12.3 Å². The first-order valence-electron chi connectivity index (χ1n) is 5.69. The van der Waals surface area contributed by atoms with Gasteiger partial charge in [0.15, 0.2) is 0 Å². The van der Waals surface area contributed by atoms with Crippen molar-refractivity contribution in [2.75, 3.05) is 20.2 Å². The molecule has 0 radical (unpaired) electrons. The van der Waals surface area contributed by atoms with Crippen LogP contribution in [0.1, 0.15) is 21.5 Å². The molecule has 0 aliphatic carbocycles. The van der Waals surface area contributed by atoms with Crippen molar-refractivity contribution < 1.29 is 18.7 Å². The van der Waals surface area contributed by atoms with Crippen LogP contribution in [0.25, 0.3) is 0 Å². The molecule has 0 saturated heterocycles. The zero-order valence-corrected chi connectivity index (χ0v) is 10.8. The van der Waals surface area contributed by atoms with Gasteiger partial charge in [-0.2, -0.15) is 0 Å². The molecule has 5 heteroatoms. The summed E-state index contributed by atoms with van der Waals surface area (Å²) < 4.78 is 24.4. The first-order chi connectivity index (χ1) is 8.95. The van der Waals surface area contributed by atoms with Crippen LogP contribution < -0.4 is 0 Å². The third-order valence-corrected chi connectivity index (χ3v) is 2.53. The van der Waals surface area contributed by atoms with Crippen molar-refractivity contribution in [2.24, 2.45) is 0 Å². The Labute approximate surface area is 110 Å². The average molecular weight is 267 g/mol. The quantitative estimate of drug-likeness (QED) is 0.846. The number of halogens is 2. The second-order valence-corrected chi connectivity index (χ2v) is 4.07. The molecule has 0 fully saturated rings. The second-order valence-electron chi connectivity index (χ2n) is 4.07. The Balaban J connectivity index is 2.91. The number of benzene rings is 1. The lowest BCUT2D eigenvalue weighted by Gasteiger charge is -2.16. The summed E-state index contributed by atoms with van der Waals surface area (Å²) in [6, 6.07) is 4.78. The predicted molar refractivity (Wildman–Crippen MR) is 68.1 cm³/mol. The molecule has 1 aromatic rings. The molecular weight excluding hydrogens is 252 g/mol. The average Bonchev–Trinajstić information content (AvgIpc) is 2.35. The van der Waals surface area contributed by atoms with E-state index in [0.29, 0.717) is 11.1 Å². The molecule has 0 unspecified atom stereocenters. The molecule has 0 aliphatic heterocycles.